The average molecular weight is 1170 g/mol. The van der Waals surface area contributed by atoms with Crippen LogP contribution in [-0.4, -0.2) is 167 Å². The Morgan fingerprint density at radius 2 is 1.57 bits per heavy atom. The predicted octanol–water partition coefficient (Wildman–Crippen LogP) is 6.90. The molecule has 5 N–H and O–H groups in total. The van der Waals surface area contributed by atoms with Gasteiger partial charge in [-0.05, 0) is 97.5 Å². The molecule has 7 heterocycles. The standard InChI is InChI=1S/C59H70F3N11O7S2/c1-36-54(81-35-66-36)40-7-5-38(6-8-40)29-65-57(77)49-28-44(74)33-73(49)58(78)55(59(2,3)4)67-50(75)34-70-25-23-69(24-26-70)19-15-37-16-20-71(21-17-37)43-11-9-39(10-12-43)41-27-45-46(31-64-56(45)63-30-41)53(76)51-47(61)13-14-48(52(51)62)68-82(79,80)72-22-18-42(60)32-72/h5-14,27,30-31,35,37,42,44,49,55,68,74H,15-26,28-29,32-34H2,1-4H3,(H,63,64)(H,65,77)(H,67,75)/t42-,44-,49+,55-/m1/s1. The number of alkyl halides is 1. The first-order chi connectivity index (χ1) is 39.2. The first-order valence-corrected chi connectivity index (χ1v) is 30.3. The molecular weight excluding hydrogens is 1100 g/mol. The number of piperazine rings is 1. The number of hydrogen-bond acceptors (Lipinski definition) is 13. The molecule has 6 aromatic rings. The number of carbonyl (C=O) groups excluding carboxylic acids is 4. The van der Waals surface area contributed by atoms with Crippen molar-refractivity contribution < 1.29 is 45.9 Å². The number of piperidine rings is 1. The van der Waals surface area contributed by atoms with E-state index in [4.69, 9.17) is 0 Å². The number of benzene rings is 3. The maximum atomic E-state index is 15.8. The lowest BCUT2D eigenvalue weighted by Crippen LogP contribution is -2.59. The van der Waals surface area contributed by atoms with Crippen molar-refractivity contribution in [3.05, 3.63) is 119 Å². The lowest BCUT2D eigenvalue weighted by molar-refractivity contribution is -0.144. The normalized spacial score (nSPS) is 20.1. The van der Waals surface area contributed by atoms with Crippen LogP contribution in [0.1, 0.15) is 80.1 Å². The van der Waals surface area contributed by atoms with Gasteiger partial charge in [0.2, 0.25) is 23.5 Å². The molecule has 3 aromatic heterocycles. The topological polar surface area (TPSA) is 217 Å². The average Bonchev–Trinajstić information content (AvgIpc) is 4.33. The summed E-state index contributed by atoms with van der Waals surface area (Å²) in [5, 5.41) is 17.0. The predicted molar refractivity (Wildman–Crippen MR) is 309 cm³/mol. The number of ketones is 1. The first-order valence-electron chi connectivity index (χ1n) is 28.0. The van der Waals surface area contributed by atoms with E-state index in [1.54, 1.807) is 23.6 Å². The highest BCUT2D eigenvalue weighted by molar-refractivity contribution is 7.90. The van der Waals surface area contributed by atoms with Crippen LogP contribution in [0.15, 0.2) is 84.6 Å². The highest BCUT2D eigenvalue weighted by atomic mass is 32.2. The number of aliphatic hydroxyl groups excluding tert-OH is 1. The fourth-order valence-corrected chi connectivity index (χ4v) is 13.6. The number of nitrogens with zero attached hydrogens (tertiary/aromatic N) is 7. The number of halogens is 3. The minimum Gasteiger partial charge on any atom is -0.391 e. The van der Waals surface area contributed by atoms with Gasteiger partial charge in [-0.15, -0.1) is 11.3 Å². The molecule has 4 fully saturated rings. The largest absolute Gasteiger partial charge is 0.391 e. The van der Waals surface area contributed by atoms with E-state index in [-0.39, 0.29) is 56.4 Å². The number of rotatable bonds is 18. The molecule has 0 aliphatic carbocycles. The number of aliphatic hydroxyl groups is 1. The SMILES string of the molecule is Cc1ncsc1-c1ccc(CNC(=O)[C@@H]2C[C@@H](O)CN2C(=O)[C@@H](NC(=O)CN2CCN(CCC3CCN(c4ccc(-c5cnc6[nH]cc(C(=O)c7c(F)ccc(NS(=O)(=O)N8CC[C@@H](F)C8)c7F)c6c5)cc4)CC3)CC2)C(C)(C)C)cc1. The Bertz CT molecular complexity index is 3410. The fraction of sp³-hybridized carbons (Fsp3) is 0.458. The number of aromatic nitrogens is 3. The van der Waals surface area contributed by atoms with Crippen molar-refractivity contribution in [2.75, 3.05) is 81.6 Å². The van der Waals surface area contributed by atoms with Crippen LogP contribution in [0.2, 0.25) is 0 Å². The lowest BCUT2D eigenvalue weighted by Gasteiger charge is -2.38. The molecular formula is C59H70F3N11O7S2. The summed E-state index contributed by atoms with van der Waals surface area (Å²) in [4.78, 5) is 76.4. The van der Waals surface area contributed by atoms with Crippen molar-refractivity contribution in [3.63, 3.8) is 0 Å². The number of likely N-dealkylation sites (tertiary alicyclic amines) is 1. The number of hydrogen-bond donors (Lipinski definition) is 5. The molecule has 3 aromatic carbocycles. The lowest BCUT2D eigenvalue weighted by atomic mass is 9.85. The molecule has 0 spiro atoms. The van der Waals surface area contributed by atoms with E-state index in [2.05, 4.69) is 40.3 Å². The number of carbonyl (C=O) groups is 4. The first kappa shape index (κ1) is 58.4. The Morgan fingerprint density at radius 3 is 2.24 bits per heavy atom. The number of nitrogens with one attached hydrogen (secondary N) is 4. The van der Waals surface area contributed by atoms with Gasteiger partial charge in [-0.25, -0.2) is 23.1 Å². The third-order valence-electron chi connectivity index (χ3n) is 16.3. The van der Waals surface area contributed by atoms with Crippen molar-refractivity contribution in [3.8, 4) is 21.6 Å². The van der Waals surface area contributed by atoms with Crippen LogP contribution in [0.5, 0.6) is 0 Å². The Labute approximate surface area is 479 Å². The summed E-state index contributed by atoms with van der Waals surface area (Å²) in [5.74, 6) is -4.02. The summed E-state index contributed by atoms with van der Waals surface area (Å²) < 4.78 is 73.4. The quantitative estimate of drug-likeness (QED) is 0.0556. The molecule has 4 aliphatic heterocycles. The summed E-state index contributed by atoms with van der Waals surface area (Å²) in [5.41, 5.74) is 5.30. The Balaban J connectivity index is 0.664. The van der Waals surface area contributed by atoms with Gasteiger partial charge in [0.1, 0.15) is 29.7 Å². The van der Waals surface area contributed by atoms with E-state index >= 15 is 8.78 Å². The second-order valence-corrected chi connectivity index (χ2v) is 25.6. The van der Waals surface area contributed by atoms with Gasteiger partial charge in [-0.3, -0.25) is 28.8 Å². The summed E-state index contributed by atoms with van der Waals surface area (Å²) in [7, 11) is -4.37. The number of aryl methyl sites for hydroxylation is 1. The number of β-amino-alcohol motifs (C(OH)–C–C–N with tert-alkyl or cyclic N) is 1. The van der Waals surface area contributed by atoms with E-state index < -0.39 is 81.1 Å². The number of pyridine rings is 1. The monoisotopic (exact) mass is 1170 g/mol. The second-order valence-electron chi connectivity index (χ2n) is 23.1. The van der Waals surface area contributed by atoms with E-state index in [1.807, 2.05) is 86.5 Å². The van der Waals surface area contributed by atoms with Gasteiger partial charge < -0.3 is 35.4 Å². The van der Waals surface area contributed by atoms with Gasteiger partial charge in [-0.1, -0.05) is 57.2 Å². The van der Waals surface area contributed by atoms with Crippen LogP contribution >= 0.6 is 11.3 Å². The van der Waals surface area contributed by atoms with Crippen LogP contribution in [-0.2, 0) is 31.1 Å². The smallest absolute Gasteiger partial charge is 0.301 e. The number of anilines is 2. The van der Waals surface area contributed by atoms with Gasteiger partial charge in [0, 0.05) is 106 Å². The van der Waals surface area contributed by atoms with E-state index in [0.29, 0.717) is 35.6 Å². The summed E-state index contributed by atoms with van der Waals surface area (Å²) >= 11 is 1.57. The van der Waals surface area contributed by atoms with Gasteiger partial charge >= 0.3 is 10.2 Å². The molecule has 82 heavy (non-hydrogen) atoms. The molecule has 0 bridgehead atoms. The number of H-pyrrole nitrogens is 1. The van der Waals surface area contributed by atoms with E-state index in [1.165, 1.54) is 11.1 Å². The Kier molecular flexibility index (Phi) is 17.5. The molecule has 0 saturated carbocycles. The van der Waals surface area contributed by atoms with Crippen molar-refractivity contribution in [1.82, 2.24) is 44.6 Å². The van der Waals surface area contributed by atoms with Crippen molar-refractivity contribution in [2.24, 2.45) is 11.3 Å². The molecule has 436 valence electrons. The van der Waals surface area contributed by atoms with Crippen molar-refractivity contribution in [2.45, 2.75) is 90.7 Å². The number of amides is 3. The van der Waals surface area contributed by atoms with Crippen LogP contribution in [0, 0.1) is 29.9 Å². The van der Waals surface area contributed by atoms with Gasteiger partial charge in [0.25, 0.3) is 0 Å². The third kappa shape index (κ3) is 13.2. The third-order valence-corrected chi connectivity index (χ3v) is 18.8. The second kappa shape index (κ2) is 24.6. The minimum absolute atomic E-state index is 0.00268. The van der Waals surface area contributed by atoms with Crippen LogP contribution in [0.3, 0.4) is 0 Å². The fourth-order valence-electron chi connectivity index (χ4n) is 11.5. The number of fused-ring (bicyclic) bond motifs is 1. The van der Waals surface area contributed by atoms with E-state index in [0.717, 1.165) is 101 Å². The van der Waals surface area contributed by atoms with Gasteiger partial charge in [0.15, 0.2) is 5.82 Å². The molecule has 3 amide bonds. The molecule has 0 unspecified atom stereocenters. The highest BCUT2D eigenvalue weighted by Gasteiger charge is 2.45. The molecule has 4 saturated heterocycles. The summed E-state index contributed by atoms with van der Waals surface area (Å²) in [6, 6.07) is 17.6. The molecule has 18 nitrogen and oxygen atoms in total. The van der Waals surface area contributed by atoms with Gasteiger partial charge in [0.05, 0.1) is 40.0 Å². The van der Waals surface area contributed by atoms with Crippen LogP contribution in [0.25, 0.3) is 32.6 Å². The number of aromatic amines is 1. The maximum Gasteiger partial charge on any atom is 0.301 e. The van der Waals surface area contributed by atoms with Crippen LogP contribution in [0.4, 0.5) is 24.5 Å². The minimum atomic E-state index is -4.37. The Hall–Kier alpha value is -6.76. The van der Waals surface area contributed by atoms with Gasteiger partial charge in [-0.2, -0.15) is 12.7 Å². The van der Waals surface area contributed by atoms with Crippen LogP contribution < -0.4 is 20.3 Å². The molecule has 0 radical (unpaired) electrons. The molecule has 4 atom stereocenters. The molecule has 10 rings (SSSR count). The maximum absolute atomic E-state index is 15.8. The Morgan fingerprint density at radius 1 is 0.866 bits per heavy atom. The zero-order valence-corrected chi connectivity index (χ0v) is 48.1. The zero-order valence-electron chi connectivity index (χ0n) is 46.5. The van der Waals surface area contributed by atoms with Crippen molar-refractivity contribution in [1.29, 1.82) is 0 Å². The number of thiazole rings is 1. The molecule has 23 heteroatoms. The van der Waals surface area contributed by atoms with E-state index in [9.17, 15) is 37.1 Å². The van der Waals surface area contributed by atoms with Crippen molar-refractivity contribution >= 4 is 67.5 Å². The highest BCUT2D eigenvalue weighted by Crippen LogP contribution is 2.34. The molecule has 4 aliphatic rings. The zero-order chi connectivity index (χ0) is 58.0. The summed E-state index contributed by atoms with van der Waals surface area (Å²) in [6.45, 7) is 13.4. The summed E-state index contributed by atoms with van der Waals surface area (Å²) in [6.07, 6.45) is 3.99.